The second-order valence-corrected chi connectivity index (χ2v) is 4.99. The van der Waals surface area contributed by atoms with Gasteiger partial charge in [-0.25, -0.2) is 9.59 Å². The Balaban J connectivity index is 2.55. The van der Waals surface area contributed by atoms with E-state index >= 15 is 0 Å². The molecule has 0 atom stereocenters. The number of nitrogens with zero attached hydrogens (tertiary/aromatic N) is 1. The summed E-state index contributed by atoms with van der Waals surface area (Å²) in [6.45, 7) is 4.06. The van der Waals surface area contributed by atoms with Crippen molar-refractivity contribution in [2.24, 2.45) is 0 Å². The number of rotatable bonds is 3. The van der Waals surface area contributed by atoms with Crippen molar-refractivity contribution >= 4 is 27.8 Å². The van der Waals surface area contributed by atoms with Crippen LogP contribution in [0.2, 0.25) is 0 Å². The summed E-state index contributed by atoms with van der Waals surface area (Å²) in [5.41, 5.74) is -0.743. The molecule has 0 saturated heterocycles. The minimum Gasteiger partial charge on any atom is -0.462 e. The molecule has 2 aromatic heterocycles. The molecule has 0 N–H and O–H groups in total. The summed E-state index contributed by atoms with van der Waals surface area (Å²) in [6, 6.07) is 6.76. The van der Waals surface area contributed by atoms with Crippen LogP contribution >= 0.6 is 0 Å². The summed E-state index contributed by atoms with van der Waals surface area (Å²) in [7, 11) is 0. The molecule has 0 aliphatic carbocycles. The Morgan fingerprint density at radius 2 is 1.96 bits per heavy atom. The highest BCUT2D eigenvalue weighted by atomic mass is 16.5. The predicted octanol–water partition coefficient (Wildman–Crippen LogP) is 2.30. The lowest BCUT2D eigenvalue weighted by atomic mass is 10.1. The van der Waals surface area contributed by atoms with Crippen molar-refractivity contribution in [3.05, 3.63) is 56.7 Å². The Kier molecular flexibility index (Phi) is 3.73. The molecule has 0 aliphatic rings. The third-order valence-electron chi connectivity index (χ3n) is 3.67. The van der Waals surface area contributed by atoms with Crippen LogP contribution in [0.5, 0.6) is 0 Å². The summed E-state index contributed by atoms with van der Waals surface area (Å²) in [6.07, 6.45) is 1.36. The zero-order valence-corrected chi connectivity index (χ0v) is 12.8. The highest BCUT2D eigenvalue weighted by molar-refractivity contribution is 6.05. The van der Waals surface area contributed by atoms with Gasteiger partial charge in [0.2, 0.25) is 5.43 Å². The van der Waals surface area contributed by atoms with Gasteiger partial charge in [0.25, 0.3) is 0 Å². The number of aromatic nitrogens is 1. The van der Waals surface area contributed by atoms with Gasteiger partial charge in [0.1, 0.15) is 16.7 Å². The Labute approximate surface area is 130 Å². The van der Waals surface area contributed by atoms with Gasteiger partial charge in [0.15, 0.2) is 0 Å². The Hall–Kier alpha value is -2.89. The number of fused-ring (bicyclic) bond motifs is 3. The van der Waals surface area contributed by atoms with Crippen LogP contribution in [0, 0.1) is 0 Å². The van der Waals surface area contributed by atoms with Crippen LogP contribution in [0.3, 0.4) is 0 Å². The zero-order chi connectivity index (χ0) is 16.6. The van der Waals surface area contributed by atoms with Gasteiger partial charge < -0.3 is 13.7 Å². The van der Waals surface area contributed by atoms with Gasteiger partial charge in [-0.05, 0) is 19.9 Å². The molecular formula is C17H15NO5. The van der Waals surface area contributed by atoms with E-state index in [2.05, 4.69) is 0 Å². The predicted molar refractivity (Wildman–Crippen MR) is 85.9 cm³/mol. The van der Waals surface area contributed by atoms with E-state index < -0.39 is 17.0 Å². The number of para-hydroxylation sites is 1. The minimum atomic E-state index is -0.695. The SMILES string of the molecule is CCOC(=O)c1cn(CC)c2c(=O)oc3ccccc3c2c1=O. The van der Waals surface area contributed by atoms with E-state index in [4.69, 9.17) is 9.15 Å². The summed E-state index contributed by atoms with van der Waals surface area (Å²) in [4.78, 5) is 37.1. The first-order chi connectivity index (χ1) is 11.1. The molecule has 3 aromatic rings. The first kappa shape index (κ1) is 15.0. The number of hydrogen-bond acceptors (Lipinski definition) is 5. The van der Waals surface area contributed by atoms with Gasteiger partial charge in [0, 0.05) is 18.1 Å². The van der Waals surface area contributed by atoms with Crippen LogP contribution in [-0.4, -0.2) is 17.1 Å². The third-order valence-corrected chi connectivity index (χ3v) is 3.67. The van der Waals surface area contributed by atoms with E-state index in [1.165, 1.54) is 6.20 Å². The number of carbonyl (C=O) groups is 1. The van der Waals surface area contributed by atoms with Crippen LogP contribution in [0.1, 0.15) is 24.2 Å². The van der Waals surface area contributed by atoms with Crippen LogP contribution in [0.15, 0.2) is 44.5 Å². The van der Waals surface area contributed by atoms with Crippen LogP contribution < -0.4 is 11.1 Å². The molecule has 0 saturated carbocycles. The summed E-state index contributed by atoms with van der Waals surface area (Å²) >= 11 is 0. The molecule has 2 heterocycles. The van der Waals surface area contributed by atoms with Crippen molar-refractivity contribution in [3.8, 4) is 0 Å². The topological polar surface area (TPSA) is 78.5 Å². The van der Waals surface area contributed by atoms with Crippen molar-refractivity contribution in [2.45, 2.75) is 20.4 Å². The van der Waals surface area contributed by atoms with Crippen molar-refractivity contribution < 1.29 is 13.9 Å². The van der Waals surface area contributed by atoms with Gasteiger partial charge in [-0.1, -0.05) is 18.2 Å². The minimum absolute atomic E-state index is 0.0862. The first-order valence-corrected chi connectivity index (χ1v) is 7.34. The molecule has 6 nitrogen and oxygen atoms in total. The Morgan fingerprint density at radius 1 is 1.22 bits per heavy atom. The molecule has 1 aromatic carbocycles. The quantitative estimate of drug-likeness (QED) is 0.421. The molecule has 0 bridgehead atoms. The number of carbonyl (C=O) groups excluding carboxylic acids is 1. The number of benzene rings is 1. The zero-order valence-electron chi connectivity index (χ0n) is 12.8. The van der Waals surface area contributed by atoms with E-state index in [1.807, 2.05) is 6.92 Å². The molecule has 0 radical (unpaired) electrons. The van der Waals surface area contributed by atoms with Crippen molar-refractivity contribution in [1.82, 2.24) is 4.57 Å². The highest BCUT2D eigenvalue weighted by Gasteiger charge is 2.20. The van der Waals surface area contributed by atoms with Gasteiger partial charge in [-0.3, -0.25) is 4.79 Å². The first-order valence-electron chi connectivity index (χ1n) is 7.34. The lowest BCUT2D eigenvalue weighted by Gasteiger charge is -2.11. The van der Waals surface area contributed by atoms with Crippen LogP contribution in [0.4, 0.5) is 0 Å². The van der Waals surface area contributed by atoms with Crippen LogP contribution in [0.25, 0.3) is 21.9 Å². The molecule has 0 fully saturated rings. The summed E-state index contributed by atoms with van der Waals surface area (Å²) < 4.78 is 11.8. The average molecular weight is 313 g/mol. The van der Waals surface area contributed by atoms with Crippen molar-refractivity contribution in [1.29, 1.82) is 0 Å². The standard InChI is InChI=1S/C17H15NO5/c1-3-18-9-11(16(20)22-4-2)15(19)13-10-7-5-6-8-12(10)23-17(21)14(13)18/h5-9H,3-4H2,1-2H3. The van der Waals surface area contributed by atoms with Crippen molar-refractivity contribution in [3.63, 3.8) is 0 Å². The van der Waals surface area contributed by atoms with Gasteiger partial charge in [-0.15, -0.1) is 0 Å². The largest absolute Gasteiger partial charge is 0.462 e. The number of aryl methyl sites for hydroxylation is 1. The highest BCUT2D eigenvalue weighted by Crippen LogP contribution is 2.20. The fraction of sp³-hybridized carbons (Fsp3) is 0.235. The second kappa shape index (κ2) is 5.72. The maximum absolute atomic E-state index is 12.8. The number of esters is 1. The van der Waals surface area contributed by atoms with Gasteiger partial charge >= 0.3 is 11.6 Å². The third kappa shape index (κ3) is 2.32. The van der Waals surface area contributed by atoms with Gasteiger partial charge in [-0.2, -0.15) is 0 Å². The van der Waals surface area contributed by atoms with Gasteiger partial charge in [0.05, 0.1) is 12.0 Å². The van der Waals surface area contributed by atoms with Crippen molar-refractivity contribution in [2.75, 3.05) is 6.61 Å². The fourth-order valence-corrected chi connectivity index (χ4v) is 2.65. The average Bonchev–Trinajstić information content (AvgIpc) is 2.55. The van der Waals surface area contributed by atoms with Crippen LogP contribution in [-0.2, 0) is 11.3 Å². The molecule has 0 aliphatic heterocycles. The van der Waals surface area contributed by atoms with E-state index in [-0.39, 0.29) is 23.1 Å². The lowest BCUT2D eigenvalue weighted by Crippen LogP contribution is -2.23. The summed E-state index contributed by atoms with van der Waals surface area (Å²) in [5, 5.41) is 0.685. The molecule has 118 valence electrons. The smallest absolute Gasteiger partial charge is 0.361 e. The normalized spacial score (nSPS) is 11.0. The molecular weight excluding hydrogens is 298 g/mol. The number of pyridine rings is 1. The molecule has 0 spiro atoms. The number of hydrogen-bond donors (Lipinski definition) is 0. The summed E-state index contributed by atoms with van der Waals surface area (Å²) in [5.74, 6) is -0.695. The maximum atomic E-state index is 12.8. The number of ether oxygens (including phenoxy) is 1. The molecule has 3 rings (SSSR count). The molecule has 6 heteroatoms. The molecule has 0 unspecified atom stereocenters. The molecule has 0 amide bonds. The van der Waals surface area contributed by atoms with E-state index in [1.54, 1.807) is 35.8 Å². The lowest BCUT2D eigenvalue weighted by molar-refractivity contribution is 0.0524. The second-order valence-electron chi connectivity index (χ2n) is 4.99. The monoisotopic (exact) mass is 313 g/mol. The maximum Gasteiger partial charge on any atom is 0.361 e. The fourth-order valence-electron chi connectivity index (χ4n) is 2.65. The molecule has 23 heavy (non-hydrogen) atoms. The van der Waals surface area contributed by atoms with E-state index in [0.29, 0.717) is 17.5 Å². The van der Waals surface area contributed by atoms with E-state index in [9.17, 15) is 14.4 Å². The Morgan fingerprint density at radius 3 is 2.65 bits per heavy atom. The van der Waals surface area contributed by atoms with E-state index in [0.717, 1.165) is 0 Å². The Bertz CT molecular complexity index is 1030.